The molecule has 0 radical (unpaired) electrons. The van der Waals surface area contributed by atoms with Crippen LogP contribution < -0.4 is 27.0 Å². The van der Waals surface area contributed by atoms with E-state index in [1.165, 1.54) is 33.5 Å². The molecule has 1 aliphatic heterocycles. The molecule has 4 aromatic rings. The zero-order valence-corrected chi connectivity index (χ0v) is 40.2. The van der Waals surface area contributed by atoms with Crippen molar-refractivity contribution in [2.75, 3.05) is 50.3 Å². The number of carbonyl (C=O) groups is 6. The quantitative estimate of drug-likeness (QED) is 0.0253. The van der Waals surface area contributed by atoms with Crippen molar-refractivity contribution in [2.24, 2.45) is 0 Å². The van der Waals surface area contributed by atoms with Gasteiger partial charge >= 0.3 is 11.9 Å². The molecule has 1 unspecified atom stereocenters. The monoisotopic (exact) mass is 1030 g/mol. The molecule has 6 rings (SSSR count). The summed E-state index contributed by atoms with van der Waals surface area (Å²) in [5, 5.41) is 27.5. The number of fused-ring (bicyclic) bond motifs is 1. The molecule has 370 valence electrons. The Morgan fingerprint density at radius 2 is 1.24 bits per heavy atom. The molecule has 2 aromatic heterocycles. The second kappa shape index (κ2) is 31.7. The molecule has 8 N–H and O–H groups in total. The first-order valence-corrected chi connectivity index (χ1v) is 22.1. The summed E-state index contributed by atoms with van der Waals surface area (Å²) >= 11 is 0. The molecule has 2 aromatic carbocycles. The molecule has 0 bridgehead atoms. The Morgan fingerprint density at radius 3 is 1.73 bits per heavy atom. The molecular formula is C46H65N9O11Pd. The molecule has 2 aliphatic rings. The van der Waals surface area contributed by atoms with Gasteiger partial charge in [0.25, 0.3) is 23.8 Å². The van der Waals surface area contributed by atoms with Crippen molar-refractivity contribution in [3.63, 3.8) is 0 Å². The average Bonchev–Trinajstić information content (AvgIpc) is 3.74. The van der Waals surface area contributed by atoms with E-state index in [4.69, 9.17) is 40.2 Å². The molecule has 1 saturated carbocycles. The van der Waals surface area contributed by atoms with Crippen molar-refractivity contribution in [1.29, 1.82) is 0 Å². The summed E-state index contributed by atoms with van der Waals surface area (Å²) in [6.07, 6.45) is 14.4. The molecule has 1 aliphatic carbocycles. The fourth-order valence-electron chi connectivity index (χ4n) is 6.74. The normalized spacial score (nSPS) is 14.1. The summed E-state index contributed by atoms with van der Waals surface area (Å²) in [6.45, 7) is 3.94. The molecular weight excluding hydrogens is 961 g/mol. The van der Waals surface area contributed by atoms with E-state index < -0.39 is 11.9 Å². The number of carboxylic acid groups (broad SMARTS) is 2. The van der Waals surface area contributed by atoms with Crippen LogP contribution in [0.15, 0.2) is 54.9 Å². The summed E-state index contributed by atoms with van der Waals surface area (Å²) in [6, 6.07) is 14.3. The number of anilines is 4. The molecule has 1 saturated heterocycles. The number of hydrogen-bond donors (Lipinski definition) is 7. The number of amides is 2. The number of nitrogens with zero attached hydrogens (tertiary/aromatic N) is 4. The maximum Gasteiger partial charge on any atom is 0.305 e. The van der Waals surface area contributed by atoms with Crippen molar-refractivity contribution < 1.29 is 73.6 Å². The van der Waals surface area contributed by atoms with Crippen molar-refractivity contribution >= 4 is 70.0 Å². The van der Waals surface area contributed by atoms with Gasteiger partial charge in [0, 0.05) is 95.4 Å². The van der Waals surface area contributed by atoms with E-state index in [0.717, 1.165) is 81.6 Å². The van der Waals surface area contributed by atoms with Gasteiger partial charge < -0.3 is 51.4 Å². The van der Waals surface area contributed by atoms with Gasteiger partial charge in [-0.15, -0.1) is 0 Å². The van der Waals surface area contributed by atoms with Crippen LogP contribution in [0.2, 0.25) is 0 Å². The number of esters is 2. The van der Waals surface area contributed by atoms with Gasteiger partial charge in [-0.05, 0) is 106 Å². The standard InChI is InChI=1S/C29H39N7O4.C13H18N2O3.2C2H4O2.Pd/c1-39-24(37)12-5-7-17-30-28(38)20-13-15-22(16-14-20)33-29-34-26(32-21-9-3-2-4-10-21)25-27(35-29)36(19-31-25)23-11-6-8-18-40-23;1-18-12(16)4-2-3-9-15-13(17)10-5-7-11(14)8-6-10;2*1-2(3)4;/h13-16,19,21,23H,2-12,17-18H2,1H3,(H,30,38)(H2,32,33,34,35);5-8H,2-4,9,14H2,1H3,(H,15,17);2*1H3,(H,3,4);. The first-order chi connectivity index (χ1) is 31.7. The Balaban J connectivity index is 0.000000474. The van der Waals surface area contributed by atoms with Crippen molar-refractivity contribution in [3.05, 3.63) is 66.0 Å². The van der Waals surface area contributed by atoms with Crippen LogP contribution in [0.5, 0.6) is 0 Å². The number of unbranched alkanes of at least 4 members (excludes halogenated alkanes) is 2. The molecule has 21 heteroatoms. The summed E-state index contributed by atoms with van der Waals surface area (Å²) in [5.74, 6) is -1.21. The minimum atomic E-state index is -0.833. The first kappa shape index (κ1) is 57.0. The predicted octanol–water partition coefficient (Wildman–Crippen LogP) is 6.61. The number of benzene rings is 2. The van der Waals surface area contributed by atoms with Crippen molar-refractivity contribution in [2.45, 2.75) is 116 Å². The van der Waals surface area contributed by atoms with Gasteiger partial charge in [-0.2, -0.15) is 9.97 Å². The molecule has 67 heavy (non-hydrogen) atoms. The molecule has 2 fully saturated rings. The van der Waals surface area contributed by atoms with Crippen molar-refractivity contribution in [1.82, 2.24) is 30.2 Å². The van der Waals surface area contributed by atoms with Crippen LogP contribution in [0.25, 0.3) is 11.2 Å². The summed E-state index contributed by atoms with van der Waals surface area (Å²) in [7, 11) is 2.74. The van der Waals surface area contributed by atoms with Gasteiger partial charge in [0.2, 0.25) is 5.95 Å². The minimum absolute atomic E-state index is 0. The van der Waals surface area contributed by atoms with Crippen LogP contribution in [0.3, 0.4) is 0 Å². The van der Waals surface area contributed by atoms with Crippen LogP contribution in [-0.4, -0.2) is 105 Å². The SMILES string of the molecule is CC(=O)O.CC(=O)O.COC(=O)CCCCNC(=O)c1ccc(N)cc1.COC(=O)CCCCNC(=O)c1ccc(Nc2nc(NC3CCCCC3)c3ncn(C4CCCCO4)c3n2)cc1.[Pd]. The van der Waals surface area contributed by atoms with E-state index in [2.05, 4.69) is 35.7 Å². The molecule has 0 spiro atoms. The smallest absolute Gasteiger partial charge is 0.305 e. The zero-order chi connectivity index (χ0) is 48.3. The Bertz CT molecular complexity index is 2120. The topological polar surface area (TPSA) is 288 Å². The number of nitrogens with one attached hydrogen (secondary N) is 4. The number of hydrogen-bond acceptors (Lipinski definition) is 15. The number of nitrogen functional groups attached to an aromatic ring is 1. The number of rotatable bonds is 17. The Kier molecular flexibility index (Phi) is 26.9. The predicted molar refractivity (Wildman–Crippen MR) is 248 cm³/mol. The van der Waals surface area contributed by atoms with Crippen LogP contribution >= 0.6 is 0 Å². The molecule has 3 heterocycles. The number of imidazole rings is 1. The maximum atomic E-state index is 12.5. The van der Waals surface area contributed by atoms with Crippen LogP contribution in [0.4, 0.5) is 23.1 Å². The summed E-state index contributed by atoms with van der Waals surface area (Å²) < 4.78 is 17.2. The third-order valence-electron chi connectivity index (χ3n) is 10.1. The number of aromatic nitrogens is 4. The van der Waals surface area contributed by atoms with Crippen LogP contribution in [0, 0.1) is 0 Å². The first-order valence-electron chi connectivity index (χ1n) is 22.1. The Labute approximate surface area is 404 Å². The van der Waals surface area contributed by atoms with Gasteiger partial charge in [-0.3, -0.25) is 33.3 Å². The van der Waals surface area contributed by atoms with E-state index in [1.807, 2.05) is 23.0 Å². The molecule has 2 amide bonds. The maximum absolute atomic E-state index is 12.5. The Morgan fingerprint density at radius 1 is 0.731 bits per heavy atom. The number of carbonyl (C=O) groups excluding carboxylic acids is 4. The minimum Gasteiger partial charge on any atom is -0.481 e. The fraction of sp³-hybridized carbons (Fsp3) is 0.500. The number of carboxylic acids is 2. The third kappa shape index (κ3) is 22.3. The second-order valence-electron chi connectivity index (χ2n) is 15.5. The Hall–Kier alpha value is -6.17. The van der Waals surface area contributed by atoms with Gasteiger partial charge in [0.15, 0.2) is 17.0 Å². The van der Waals surface area contributed by atoms with Gasteiger partial charge in [0.05, 0.1) is 20.5 Å². The molecule has 1 atom stereocenters. The zero-order valence-electron chi connectivity index (χ0n) is 38.6. The van der Waals surface area contributed by atoms with Gasteiger partial charge in [0.1, 0.15) is 6.23 Å². The number of nitrogens with two attached hydrogens (primary N) is 1. The third-order valence-corrected chi connectivity index (χ3v) is 10.1. The van der Waals surface area contributed by atoms with E-state index >= 15 is 0 Å². The van der Waals surface area contributed by atoms with E-state index in [1.54, 1.807) is 36.4 Å². The van der Waals surface area contributed by atoms with Crippen molar-refractivity contribution in [3.8, 4) is 0 Å². The van der Waals surface area contributed by atoms with E-state index in [-0.39, 0.29) is 50.4 Å². The molecule has 20 nitrogen and oxygen atoms in total. The number of methoxy groups -OCH3 is 2. The largest absolute Gasteiger partial charge is 0.481 e. The van der Waals surface area contributed by atoms with E-state index in [9.17, 15) is 19.2 Å². The summed E-state index contributed by atoms with van der Waals surface area (Å²) in [4.78, 5) is 78.6. The number of aliphatic carboxylic acids is 2. The fourth-order valence-corrected chi connectivity index (χ4v) is 6.74. The van der Waals surface area contributed by atoms with Gasteiger partial charge in [-0.1, -0.05) is 19.3 Å². The number of ether oxygens (including phenoxy) is 3. The average molecular weight is 1030 g/mol. The van der Waals surface area contributed by atoms with Crippen LogP contribution in [0.1, 0.15) is 131 Å². The van der Waals surface area contributed by atoms with Crippen LogP contribution in [-0.2, 0) is 53.8 Å². The second-order valence-corrected chi connectivity index (χ2v) is 15.5. The van der Waals surface area contributed by atoms with Gasteiger partial charge in [-0.25, -0.2) is 4.98 Å². The summed E-state index contributed by atoms with van der Waals surface area (Å²) in [5.41, 5.74) is 9.57. The van der Waals surface area contributed by atoms with E-state index in [0.29, 0.717) is 74.0 Å².